The highest BCUT2D eigenvalue weighted by molar-refractivity contribution is 7.88. The molecule has 1 fully saturated rings. The third-order valence-corrected chi connectivity index (χ3v) is 6.22. The van der Waals surface area contributed by atoms with Crippen LogP contribution >= 0.6 is 0 Å². The average molecular weight is 399 g/mol. The lowest BCUT2D eigenvalue weighted by Gasteiger charge is -2.12. The molecule has 1 aromatic carbocycles. The van der Waals surface area contributed by atoms with Gasteiger partial charge in [-0.05, 0) is 43.2 Å². The summed E-state index contributed by atoms with van der Waals surface area (Å²) < 4.78 is 26.8. The molecule has 0 unspecified atom stereocenters. The molecule has 3 heterocycles. The highest BCUT2D eigenvalue weighted by atomic mass is 32.2. The van der Waals surface area contributed by atoms with Crippen LogP contribution in [0, 0.1) is 6.92 Å². The van der Waals surface area contributed by atoms with Crippen LogP contribution in [0.25, 0.3) is 5.65 Å². The summed E-state index contributed by atoms with van der Waals surface area (Å²) in [5, 5.41) is 11.3. The summed E-state index contributed by atoms with van der Waals surface area (Å²) in [6.07, 6.45) is 3.59. The van der Waals surface area contributed by atoms with Gasteiger partial charge in [0.2, 0.25) is 10.0 Å². The number of aromatic nitrogens is 3. The van der Waals surface area contributed by atoms with Crippen molar-refractivity contribution in [3.63, 3.8) is 0 Å². The van der Waals surface area contributed by atoms with Crippen LogP contribution in [0.1, 0.15) is 34.1 Å². The molecule has 0 spiro atoms. The molecule has 0 radical (unpaired) electrons. The minimum Gasteiger partial charge on any atom is -0.322 e. The summed E-state index contributed by atoms with van der Waals surface area (Å²) in [6.45, 7) is 2.80. The summed E-state index contributed by atoms with van der Waals surface area (Å²) in [5.41, 5.74) is 2.90. The number of carbonyl (C=O) groups excluding carboxylic acids is 1. The number of sulfonamides is 1. The second kappa shape index (κ2) is 6.99. The van der Waals surface area contributed by atoms with Gasteiger partial charge in [-0.1, -0.05) is 12.1 Å². The highest BCUT2D eigenvalue weighted by Crippen LogP contribution is 2.28. The molecule has 8 nitrogen and oxygen atoms in total. The summed E-state index contributed by atoms with van der Waals surface area (Å²) in [5.74, 6) is 0.391. The Hall–Kier alpha value is -2.78. The fraction of sp³-hybridized carbons (Fsp3) is 0.316. The SMILES string of the molecule is Cc1cccc(NC(=O)c2ccc3nnc([C@@H]4CCN(S(C)(=O)=O)C4)n3c2)c1. The van der Waals surface area contributed by atoms with E-state index in [4.69, 9.17) is 0 Å². The van der Waals surface area contributed by atoms with Crippen LogP contribution in [0.3, 0.4) is 0 Å². The number of carbonyl (C=O) groups is 1. The average Bonchev–Trinajstić information content (AvgIpc) is 3.27. The van der Waals surface area contributed by atoms with Crippen molar-refractivity contribution in [3.8, 4) is 0 Å². The predicted octanol–water partition coefficient (Wildman–Crippen LogP) is 2.04. The molecular weight excluding hydrogens is 378 g/mol. The number of fused-ring (bicyclic) bond motifs is 1. The number of amides is 1. The zero-order valence-corrected chi connectivity index (χ0v) is 16.5. The normalized spacial score (nSPS) is 17.9. The maximum Gasteiger partial charge on any atom is 0.257 e. The van der Waals surface area contributed by atoms with Crippen molar-refractivity contribution in [2.45, 2.75) is 19.3 Å². The van der Waals surface area contributed by atoms with Gasteiger partial charge in [0.15, 0.2) is 5.65 Å². The minimum atomic E-state index is -3.23. The summed E-state index contributed by atoms with van der Waals surface area (Å²) in [7, 11) is -3.23. The Morgan fingerprint density at radius 1 is 1.21 bits per heavy atom. The first-order valence-electron chi connectivity index (χ1n) is 8.99. The first-order chi connectivity index (χ1) is 13.3. The van der Waals surface area contributed by atoms with Gasteiger partial charge in [-0.25, -0.2) is 12.7 Å². The Bertz CT molecular complexity index is 1160. The molecule has 1 atom stereocenters. The van der Waals surface area contributed by atoms with Crippen molar-refractivity contribution < 1.29 is 13.2 Å². The number of rotatable bonds is 4. The van der Waals surface area contributed by atoms with E-state index in [-0.39, 0.29) is 11.8 Å². The van der Waals surface area contributed by atoms with Gasteiger partial charge in [0, 0.05) is 30.9 Å². The third-order valence-electron chi connectivity index (χ3n) is 4.95. The maximum absolute atomic E-state index is 12.7. The van der Waals surface area contributed by atoms with Crippen molar-refractivity contribution in [1.82, 2.24) is 18.9 Å². The number of anilines is 1. The number of hydrogen-bond acceptors (Lipinski definition) is 5. The van der Waals surface area contributed by atoms with Gasteiger partial charge in [0.25, 0.3) is 5.91 Å². The molecule has 0 aliphatic carbocycles. The van der Waals surface area contributed by atoms with Gasteiger partial charge in [-0.2, -0.15) is 0 Å². The fourth-order valence-electron chi connectivity index (χ4n) is 3.49. The Balaban J connectivity index is 1.60. The topological polar surface area (TPSA) is 96.7 Å². The van der Waals surface area contributed by atoms with Gasteiger partial charge in [0.05, 0.1) is 11.8 Å². The Kier molecular flexibility index (Phi) is 4.64. The number of aryl methyl sites for hydroxylation is 1. The van der Waals surface area contributed by atoms with Crippen LogP contribution in [0.15, 0.2) is 42.6 Å². The Morgan fingerprint density at radius 3 is 2.75 bits per heavy atom. The number of benzene rings is 1. The van der Waals surface area contributed by atoms with Crippen LogP contribution in [-0.4, -0.2) is 52.6 Å². The number of nitrogens with one attached hydrogen (secondary N) is 1. The molecule has 146 valence electrons. The van der Waals surface area contributed by atoms with E-state index in [1.807, 2.05) is 31.2 Å². The first-order valence-corrected chi connectivity index (χ1v) is 10.8. The van der Waals surface area contributed by atoms with Crippen molar-refractivity contribution in [1.29, 1.82) is 0 Å². The molecule has 0 saturated carbocycles. The van der Waals surface area contributed by atoms with E-state index < -0.39 is 10.0 Å². The molecule has 1 saturated heterocycles. The van der Waals surface area contributed by atoms with E-state index in [1.165, 1.54) is 10.6 Å². The molecular formula is C19H21N5O3S. The summed E-state index contributed by atoms with van der Waals surface area (Å²) in [4.78, 5) is 12.7. The standard InChI is InChI=1S/C19H21N5O3S/c1-13-4-3-5-16(10-13)20-19(25)15-6-7-17-21-22-18(24(17)12-15)14-8-9-23(11-14)28(2,26)27/h3-7,10,12,14H,8-9,11H2,1-2H3,(H,20,25)/t14-/m1/s1. The second-order valence-electron chi connectivity index (χ2n) is 7.13. The third kappa shape index (κ3) is 3.63. The van der Waals surface area contributed by atoms with Crippen molar-refractivity contribution in [2.75, 3.05) is 24.7 Å². The molecule has 28 heavy (non-hydrogen) atoms. The minimum absolute atomic E-state index is 0.0557. The van der Waals surface area contributed by atoms with Crippen LogP contribution < -0.4 is 5.32 Å². The molecule has 3 aromatic rings. The van der Waals surface area contributed by atoms with E-state index in [2.05, 4.69) is 15.5 Å². The van der Waals surface area contributed by atoms with Gasteiger partial charge in [-0.15, -0.1) is 10.2 Å². The smallest absolute Gasteiger partial charge is 0.257 e. The monoisotopic (exact) mass is 399 g/mol. The molecule has 1 aliphatic heterocycles. The number of nitrogens with zero attached hydrogens (tertiary/aromatic N) is 4. The van der Waals surface area contributed by atoms with Crippen LogP contribution in [-0.2, 0) is 10.0 Å². The lowest BCUT2D eigenvalue weighted by molar-refractivity contribution is 0.102. The lowest BCUT2D eigenvalue weighted by atomic mass is 10.1. The second-order valence-corrected chi connectivity index (χ2v) is 9.12. The van der Waals surface area contributed by atoms with Crippen LogP contribution in [0.2, 0.25) is 0 Å². The Labute approximate surface area is 163 Å². The quantitative estimate of drug-likeness (QED) is 0.724. The molecule has 9 heteroatoms. The van der Waals surface area contributed by atoms with E-state index >= 15 is 0 Å². The van der Waals surface area contributed by atoms with Crippen molar-refractivity contribution >= 4 is 27.3 Å². The van der Waals surface area contributed by atoms with E-state index in [1.54, 1.807) is 22.7 Å². The van der Waals surface area contributed by atoms with Crippen LogP contribution in [0.5, 0.6) is 0 Å². The van der Waals surface area contributed by atoms with Crippen LogP contribution in [0.4, 0.5) is 5.69 Å². The maximum atomic E-state index is 12.7. The van der Waals surface area contributed by atoms with Crippen molar-refractivity contribution in [3.05, 3.63) is 59.5 Å². The number of hydrogen-bond donors (Lipinski definition) is 1. The predicted molar refractivity (Wildman–Crippen MR) is 106 cm³/mol. The summed E-state index contributed by atoms with van der Waals surface area (Å²) >= 11 is 0. The first kappa shape index (κ1) is 18.6. The van der Waals surface area contributed by atoms with E-state index in [9.17, 15) is 13.2 Å². The van der Waals surface area contributed by atoms with Gasteiger partial charge in [-0.3, -0.25) is 9.20 Å². The zero-order valence-electron chi connectivity index (χ0n) is 15.7. The van der Waals surface area contributed by atoms with Gasteiger partial charge in [0.1, 0.15) is 5.82 Å². The molecule has 1 aliphatic rings. The summed E-state index contributed by atoms with van der Waals surface area (Å²) in [6, 6.07) is 11.0. The molecule has 4 rings (SSSR count). The largest absolute Gasteiger partial charge is 0.322 e. The molecule has 0 bridgehead atoms. The van der Waals surface area contributed by atoms with E-state index in [0.717, 1.165) is 11.3 Å². The van der Waals surface area contributed by atoms with Crippen molar-refractivity contribution in [2.24, 2.45) is 0 Å². The van der Waals surface area contributed by atoms with Gasteiger partial charge >= 0.3 is 0 Å². The van der Waals surface area contributed by atoms with Gasteiger partial charge < -0.3 is 5.32 Å². The van der Waals surface area contributed by atoms with E-state index in [0.29, 0.717) is 36.5 Å². The molecule has 1 amide bonds. The zero-order chi connectivity index (χ0) is 19.9. The fourth-order valence-corrected chi connectivity index (χ4v) is 4.38. The number of pyridine rings is 1. The Morgan fingerprint density at radius 2 is 2.04 bits per heavy atom. The molecule has 1 N–H and O–H groups in total. The lowest BCUT2D eigenvalue weighted by Crippen LogP contribution is -2.27. The molecule has 2 aromatic heterocycles. The highest BCUT2D eigenvalue weighted by Gasteiger charge is 2.32.